The molecule has 3 atom stereocenters. The zero-order valence-electron chi connectivity index (χ0n) is 14.4. The second-order valence-electron chi connectivity index (χ2n) is 5.56. The maximum Gasteiger partial charge on any atom is 0.353 e. The standard InChI is InChI=1S/C15H23N2O7P/c1-4-22-25(21,23-5-2)7-6-11-8-12(18)14(24-11)17-9-10(3)13(19)16-15(17)20/h6-7,9,11-12,14,18H,4-5,8H2,1-3H3,(H,16,19,20)/b7-6+/t11-,12+,14?/m1/s1. The van der Waals surface area contributed by atoms with Crippen LogP contribution in [0.3, 0.4) is 0 Å². The van der Waals surface area contributed by atoms with Crippen LogP contribution in [-0.2, 0) is 18.3 Å². The highest BCUT2D eigenvalue weighted by Gasteiger charge is 2.35. The van der Waals surface area contributed by atoms with Gasteiger partial charge in [-0.2, -0.15) is 0 Å². The molecule has 9 nitrogen and oxygen atoms in total. The number of aliphatic hydroxyl groups is 1. The lowest BCUT2D eigenvalue weighted by Crippen LogP contribution is -2.36. The molecule has 1 aromatic rings. The van der Waals surface area contributed by atoms with E-state index >= 15 is 0 Å². The lowest BCUT2D eigenvalue weighted by Gasteiger charge is -2.17. The number of nitrogens with one attached hydrogen (secondary N) is 1. The van der Waals surface area contributed by atoms with Crippen molar-refractivity contribution in [1.82, 2.24) is 9.55 Å². The Kier molecular flexibility index (Phi) is 6.53. The molecule has 0 aliphatic carbocycles. The number of hydrogen-bond acceptors (Lipinski definition) is 7. The first kappa shape index (κ1) is 19.8. The molecule has 1 fully saturated rings. The van der Waals surface area contributed by atoms with E-state index < -0.39 is 37.3 Å². The van der Waals surface area contributed by atoms with Gasteiger partial charge in [-0.3, -0.25) is 18.9 Å². The third kappa shape index (κ3) is 4.77. The van der Waals surface area contributed by atoms with Crippen LogP contribution in [-0.4, -0.2) is 40.1 Å². The second-order valence-corrected chi connectivity index (χ2v) is 7.46. The number of ether oxygens (including phenoxy) is 1. The molecule has 10 heteroatoms. The molecule has 2 heterocycles. The van der Waals surface area contributed by atoms with Crippen molar-refractivity contribution in [3.8, 4) is 0 Å². The third-order valence-electron chi connectivity index (χ3n) is 3.64. The van der Waals surface area contributed by atoms with Crippen molar-refractivity contribution in [1.29, 1.82) is 0 Å². The number of aromatic nitrogens is 2. The van der Waals surface area contributed by atoms with Gasteiger partial charge >= 0.3 is 13.3 Å². The van der Waals surface area contributed by atoms with Crippen LogP contribution in [0.15, 0.2) is 27.7 Å². The topological polar surface area (TPSA) is 120 Å². The Morgan fingerprint density at radius 2 is 2.04 bits per heavy atom. The molecule has 140 valence electrons. The summed E-state index contributed by atoms with van der Waals surface area (Å²) >= 11 is 0. The van der Waals surface area contributed by atoms with Gasteiger partial charge in [0.2, 0.25) is 0 Å². The summed E-state index contributed by atoms with van der Waals surface area (Å²) in [6.07, 6.45) is 0.552. The molecule has 0 amide bonds. The zero-order chi connectivity index (χ0) is 18.6. The van der Waals surface area contributed by atoms with Crippen molar-refractivity contribution in [3.63, 3.8) is 0 Å². The summed E-state index contributed by atoms with van der Waals surface area (Å²) in [6.45, 7) is 5.41. The van der Waals surface area contributed by atoms with Crippen molar-refractivity contribution in [2.24, 2.45) is 0 Å². The van der Waals surface area contributed by atoms with Crippen LogP contribution in [0.25, 0.3) is 0 Å². The Labute approximate surface area is 144 Å². The van der Waals surface area contributed by atoms with E-state index in [0.29, 0.717) is 5.56 Å². The largest absolute Gasteiger partial charge is 0.388 e. The van der Waals surface area contributed by atoms with Crippen LogP contribution in [0.5, 0.6) is 0 Å². The summed E-state index contributed by atoms with van der Waals surface area (Å²) in [5.41, 5.74) is -0.829. The number of aliphatic hydroxyl groups excluding tert-OH is 1. The van der Waals surface area contributed by atoms with E-state index in [4.69, 9.17) is 13.8 Å². The second kappa shape index (κ2) is 8.25. The van der Waals surface area contributed by atoms with Crippen LogP contribution in [0.4, 0.5) is 0 Å². The zero-order valence-corrected chi connectivity index (χ0v) is 15.3. The first-order valence-corrected chi connectivity index (χ1v) is 9.64. The van der Waals surface area contributed by atoms with Crippen LogP contribution in [0, 0.1) is 6.92 Å². The van der Waals surface area contributed by atoms with E-state index in [2.05, 4.69) is 4.98 Å². The molecule has 0 bridgehead atoms. The van der Waals surface area contributed by atoms with Crippen molar-refractivity contribution < 1.29 is 23.5 Å². The van der Waals surface area contributed by atoms with Gasteiger partial charge in [0, 0.05) is 24.0 Å². The van der Waals surface area contributed by atoms with Gasteiger partial charge in [-0.05, 0) is 26.8 Å². The number of aromatic amines is 1. The fourth-order valence-electron chi connectivity index (χ4n) is 2.51. The van der Waals surface area contributed by atoms with Crippen molar-refractivity contribution in [3.05, 3.63) is 44.5 Å². The van der Waals surface area contributed by atoms with E-state index in [9.17, 15) is 19.3 Å². The highest BCUT2D eigenvalue weighted by atomic mass is 31.2. The number of hydrogen-bond donors (Lipinski definition) is 2. The van der Waals surface area contributed by atoms with Gasteiger partial charge in [-0.25, -0.2) is 4.79 Å². The van der Waals surface area contributed by atoms with Crippen LogP contribution < -0.4 is 11.2 Å². The van der Waals surface area contributed by atoms with Gasteiger partial charge in [0.1, 0.15) is 6.10 Å². The fourth-order valence-corrected chi connectivity index (χ4v) is 3.88. The molecule has 2 N–H and O–H groups in total. The molecule has 0 saturated carbocycles. The summed E-state index contributed by atoms with van der Waals surface area (Å²) in [6, 6.07) is 0. The molecular formula is C15H23N2O7P. The van der Waals surface area contributed by atoms with E-state index in [-0.39, 0.29) is 19.6 Å². The maximum atomic E-state index is 12.4. The van der Waals surface area contributed by atoms with Gasteiger partial charge in [-0.1, -0.05) is 0 Å². The highest BCUT2D eigenvalue weighted by Crippen LogP contribution is 2.50. The number of rotatable bonds is 7. The lowest BCUT2D eigenvalue weighted by molar-refractivity contribution is -0.0281. The van der Waals surface area contributed by atoms with E-state index in [1.165, 1.54) is 18.1 Å². The summed E-state index contributed by atoms with van der Waals surface area (Å²) in [7, 11) is -3.37. The van der Waals surface area contributed by atoms with Gasteiger partial charge in [-0.15, -0.1) is 0 Å². The predicted molar refractivity (Wildman–Crippen MR) is 90.6 cm³/mol. The van der Waals surface area contributed by atoms with Crippen molar-refractivity contribution in [2.75, 3.05) is 13.2 Å². The van der Waals surface area contributed by atoms with Crippen molar-refractivity contribution in [2.45, 2.75) is 45.6 Å². The van der Waals surface area contributed by atoms with E-state index in [0.717, 1.165) is 4.57 Å². The molecule has 1 saturated heterocycles. The van der Waals surface area contributed by atoms with E-state index in [1.807, 2.05) is 0 Å². The molecule has 0 radical (unpaired) electrons. The summed E-state index contributed by atoms with van der Waals surface area (Å²) in [4.78, 5) is 25.5. The summed E-state index contributed by atoms with van der Waals surface area (Å²) in [5.74, 6) is 1.31. The fraction of sp³-hybridized carbons (Fsp3) is 0.600. The van der Waals surface area contributed by atoms with Crippen molar-refractivity contribution >= 4 is 7.60 Å². The number of aryl methyl sites for hydroxylation is 1. The van der Waals surface area contributed by atoms with Gasteiger partial charge in [0.15, 0.2) is 6.23 Å². The quantitative estimate of drug-likeness (QED) is 0.690. The van der Waals surface area contributed by atoms with Crippen LogP contribution in [0.1, 0.15) is 32.1 Å². The monoisotopic (exact) mass is 374 g/mol. The normalized spacial score (nSPS) is 24.2. The molecule has 1 aliphatic heterocycles. The van der Waals surface area contributed by atoms with Gasteiger partial charge in [0.05, 0.1) is 19.3 Å². The first-order chi connectivity index (χ1) is 11.8. The van der Waals surface area contributed by atoms with Crippen LogP contribution >= 0.6 is 7.60 Å². The summed E-state index contributed by atoms with van der Waals surface area (Å²) in [5, 5.41) is 10.2. The minimum atomic E-state index is -3.37. The van der Waals surface area contributed by atoms with Gasteiger partial charge in [0.25, 0.3) is 5.56 Å². The molecule has 1 aliphatic rings. The molecule has 1 aromatic heterocycles. The average Bonchev–Trinajstić information content (AvgIpc) is 2.90. The first-order valence-electron chi connectivity index (χ1n) is 8.03. The number of nitrogens with zero attached hydrogens (tertiary/aromatic N) is 1. The minimum absolute atomic E-state index is 0.198. The molecular weight excluding hydrogens is 351 g/mol. The molecule has 0 aromatic carbocycles. The Morgan fingerprint density at radius 1 is 1.40 bits per heavy atom. The lowest BCUT2D eigenvalue weighted by atomic mass is 10.2. The van der Waals surface area contributed by atoms with Crippen LogP contribution in [0.2, 0.25) is 0 Å². The summed E-state index contributed by atoms with van der Waals surface area (Å²) < 4.78 is 29.5. The van der Waals surface area contributed by atoms with E-state index in [1.54, 1.807) is 20.8 Å². The maximum absolute atomic E-state index is 12.4. The molecule has 2 rings (SSSR count). The Balaban J connectivity index is 2.17. The number of H-pyrrole nitrogens is 1. The molecule has 0 spiro atoms. The Hall–Kier alpha value is -1.51. The average molecular weight is 374 g/mol. The highest BCUT2D eigenvalue weighted by molar-refractivity contribution is 7.57. The molecule has 1 unspecified atom stereocenters. The Morgan fingerprint density at radius 3 is 2.64 bits per heavy atom. The van der Waals surface area contributed by atoms with Gasteiger partial charge < -0.3 is 18.9 Å². The molecule has 25 heavy (non-hydrogen) atoms. The third-order valence-corrected chi connectivity index (χ3v) is 5.41. The Bertz CT molecular complexity index is 775. The minimum Gasteiger partial charge on any atom is -0.388 e. The predicted octanol–water partition coefficient (Wildman–Crippen LogP) is 1.27. The smallest absolute Gasteiger partial charge is 0.353 e. The SMILES string of the molecule is CCOP(=O)(/C=C/[C@@H]1C[C@H](O)C(n2cc(C)c(=O)[nH]c2=O)O1)OCC.